The van der Waals surface area contributed by atoms with E-state index in [1.54, 1.807) is 0 Å². The van der Waals surface area contributed by atoms with E-state index < -0.39 is 0 Å². The van der Waals surface area contributed by atoms with Crippen molar-refractivity contribution in [1.29, 1.82) is 0 Å². The molecule has 0 saturated carbocycles. The zero-order valence-corrected chi connectivity index (χ0v) is 17.1. The Balaban J connectivity index is 1.44. The van der Waals surface area contributed by atoms with E-state index in [1.165, 1.54) is 0 Å². The largest absolute Gasteiger partial charge is 0.486 e. The van der Waals surface area contributed by atoms with Crippen LogP contribution in [0.4, 0.5) is 11.7 Å². The van der Waals surface area contributed by atoms with Crippen LogP contribution in [0.1, 0.15) is 20.8 Å². The minimum atomic E-state index is -0.0825. The maximum absolute atomic E-state index is 5.79. The molecule has 1 atom stereocenters. The molecular weight excluding hydrogens is 382 g/mol. The summed E-state index contributed by atoms with van der Waals surface area (Å²) < 4.78 is 16.9. The smallest absolute Gasteiger partial charge is 0.320 e. The number of anilines is 2. The summed E-state index contributed by atoms with van der Waals surface area (Å²) in [7, 11) is 0. The number of aromatic amines is 1. The molecule has 3 heterocycles. The average Bonchev–Trinajstić information content (AvgIpc) is 3.32. The van der Waals surface area contributed by atoms with Gasteiger partial charge in [0.15, 0.2) is 17.3 Å². The van der Waals surface area contributed by atoms with Crippen molar-refractivity contribution in [3.05, 3.63) is 41.0 Å². The highest BCUT2D eigenvalue weighted by molar-refractivity contribution is 5.60. The summed E-state index contributed by atoms with van der Waals surface area (Å²) in [6.07, 6.45) is 8.67. The Morgan fingerprint density at radius 2 is 1.97 bits per heavy atom. The van der Waals surface area contributed by atoms with E-state index in [9.17, 15) is 0 Å². The molecule has 0 amide bonds. The first-order valence-corrected chi connectivity index (χ1v) is 9.96. The first-order chi connectivity index (χ1) is 14.4. The Kier molecular flexibility index (Phi) is 4.34. The van der Waals surface area contributed by atoms with Crippen LogP contribution in [0.3, 0.4) is 0 Å². The Morgan fingerprint density at radius 3 is 2.83 bits per heavy atom. The molecule has 0 saturated heterocycles. The molecule has 5 rings (SSSR count). The third-order valence-corrected chi connectivity index (χ3v) is 4.95. The van der Waals surface area contributed by atoms with E-state index in [0.29, 0.717) is 30.7 Å². The summed E-state index contributed by atoms with van der Waals surface area (Å²) >= 11 is 0. The summed E-state index contributed by atoms with van der Waals surface area (Å²) in [5.41, 5.74) is 0.686. The van der Waals surface area contributed by atoms with Gasteiger partial charge in [0, 0.05) is 17.2 Å². The first-order valence-electron chi connectivity index (χ1n) is 9.96. The number of hydrogen-bond donors (Lipinski definition) is 2. The normalized spacial score (nSPS) is 22.4. The van der Waals surface area contributed by atoms with Crippen molar-refractivity contribution in [1.82, 2.24) is 20.2 Å². The fourth-order valence-electron chi connectivity index (χ4n) is 3.48. The van der Waals surface area contributed by atoms with Gasteiger partial charge in [-0.15, -0.1) is 5.10 Å². The molecule has 0 spiro atoms. The fourth-order valence-corrected chi connectivity index (χ4v) is 3.48. The predicted octanol–water partition coefficient (Wildman–Crippen LogP) is 2.77. The highest BCUT2D eigenvalue weighted by atomic mass is 16.6. The second-order valence-corrected chi connectivity index (χ2v) is 8.13. The van der Waals surface area contributed by atoms with Crippen LogP contribution in [-0.2, 0) is 0 Å². The summed E-state index contributed by atoms with van der Waals surface area (Å²) in [6.45, 7) is 7.55. The number of imidazole rings is 1. The van der Waals surface area contributed by atoms with Crippen molar-refractivity contribution < 1.29 is 13.9 Å². The number of benzene rings is 1. The van der Waals surface area contributed by atoms with Crippen LogP contribution in [0.25, 0.3) is 23.9 Å². The van der Waals surface area contributed by atoms with Crippen molar-refractivity contribution >= 4 is 23.9 Å². The van der Waals surface area contributed by atoms with Gasteiger partial charge in [0.25, 0.3) is 5.89 Å². The van der Waals surface area contributed by atoms with Crippen molar-refractivity contribution in [2.45, 2.75) is 20.8 Å². The molecule has 2 aromatic heterocycles. The number of allylic oxidation sites excluding steroid dienone is 2. The Morgan fingerprint density at radius 1 is 1.13 bits per heavy atom. The number of hydrogen-bond acceptors (Lipinski definition) is 7. The Bertz CT molecular complexity index is 1240. The maximum Gasteiger partial charge on any atom is 0.320 e. The van der Waals surface area contributed by atoms with Crippen LogP contribution >= 0.6 is 0 Å². The number of ether oxygens (including phenoxy) is 2. The monoisotopic (exact) mass is 405 g/mol. The van der Waals surface area contributed by atoms with E-state index in [0.717, 1.165) is 22.1 Å². The maximum atomic E-state index is 5.79. The highest BCUT2D eigenvalue weighted by Gasteiger charge is 2.17. The standard InChI is InChI=1S/C22H23N5O3/c1-13-6-7-22(2,3)12-16-15(10-13)24-19(25-16)20-26-27-21(30-20)23-14-4-5-17-18(11-14)29-9-8-28-17/h4-7,10-13H,8-9H2,1-3H3,(H,23,27)(H,24,25)/b7-6-,15-10+,16-12+. The molecule has 0 radical (unpaired) electrons. The van der Waals surface area contributed by atoms with Crippen LogP contribution in [-0.4, -0.2) is 33.4 Å². The molecule has 1 aliphatic heterocycles. The van der Waals surface area contributed by atoms with Gasteiger partial charge in [-0.05, 0) is 30.2 Å². The molecule has 0 fully saturated rings. The average molecular weight is 405 g/mol. The van der Waals surface area contributed by atoms with Gasteiger partial charge < -0.3 is 24.2 Å². The van der Waals surface area contributed by atoms with Gasteiger partial charge in [0.1, 0.15) is 13.2 Å². The number of rotatable bonds is 3. The number of aromatic nitrogens is 4. The van der Waals surface area contributed by atoms with Gasteiger partial charge in [-0.2, -0.15) is 0 Å². The second kappa shape index (κ2) is 7.05. The van der Waals surface area contributed by atoms with Crippen molar-refractivity contribution in [2.24, 2.45) is 11.3 Å². The van der Waals surface area contributed by atoms with E-state index >= 15 is 0 Å². The molecule has 1 unspecified atom stereocenters. The van der Waals surface area contributed by atoms with Crippen molar-refractivity contribution in [2.75, 3.05) is 18.5 Å². The molecule has 30 heavy (non-hydrogen) atoms. The lowest BCUT2D eigenvalue weighted by atomic mass is 9.90. The summed E-state index contributed by atoms with van der Waals surface area (Å²) in [4.78, 5) is 8.00. The molecule has 8 nitrogen and oxygen atoms in total. The second-order valence-electron chi connectivity index (χ2n) is 8.13. The van der Waals surface area contributed by atoms with Gasteiger partial charge in [-0.1, -0.05) is 38.0 Å². The third-order valence-electron chi connectivity index (χ3n) is 4.95. The minimum absolute atomic E-state index is 0.0825. The lowest BCUT2D eigenvalue weighted by Gasteiger charge is -2.18. The minimum Gasteiger partial charge on any atom is -0.486 e. The summed E-state index contributed by atoms with van der Waals surface area (Å²) in [5, 5.41) is 13.2. The molecular formula is C22H23N5O3. The Hall–Kier alpha value is -3.55. The van der Waals surface area contributed by atoms with Crippen LogP contribution in [0, 0.1) is 11.3 Å². The van der Waals surface area contributed by atoms with Crippen molar-refractivity contribution in [3.8, 4) is 23.2 Å². The van der Waals surface area contributed by atoms with Gasteiger partial charge in [-0.3, -0.25) is 0 Å². The molecule has 1 aliphatic carbocycles. The van der Waals surface area contributed by atoms with Gasteiger partial charge in [0.2, 0.25) is 0 Å². The van der Waals surface area contributed by atoms with Crippen LogP contribution < -0.4 is 25.5 Å². The highest BCUT2D eigenvalue weighted by Crippen LogP contribution is 2.33. The van der Waals surface area contributed by atoms with Gasteiger partial charge in [-0.25, -0.2) is 4.98 Å². The fraction of sp³-hybridized carbons (Fsp3) is 0.318. The number of nitrogens with one attached hydrogen (secondary N) is 2. The summed E-state index contributed by atoms with van der Waals surface area (Å²) in [6, 6.07) is 5.84. The molecule has 2 N–H and O–H groups in total. The lowest BCUT2D eigenvalue weighted by molar-refractivity contribution is 0.171. The van der Waals surface area contributed by atoms with E-state index in [4.69, 9.17) is 13.9 Å². The van der Waals surface area contributed by atoms with E-state index in [-0.39, 0.29) is 17.3 Å². The van der Waals surface area contributed by atoms with Crippen molar-refractivity contribution in [3.63, 3.8) is 0 Å². The molecule has 8 heteroatoms. The number of nitrogens with zero attached hydrogens (tertiary/aromatic N) is 3. The topological polar surface area (TPSA) is 98.1 Å². The number of H-pyrrole nitrogens is 1. The molecule has 0 bridgehead atoms. The molecule has 154 valence electrons. The van der Waals surface area contributed by atoms with Gasteiger partial charge in [0.05, 0.1) is 10.7 Å². The van der Waals surface area contributed by atoms with E-state index in [2.05, 4.69) is 70.6 Å². The SMILES string of the molecule is CC1/C=C\C(C)(C)/C=c2/[nH]c(-c3nnc(Nc4ccc5c(c4)OCCO5)o3)n/c2=C/1. The molecule has 3 aromatic rings. The lowest BCUT2D eigenvalue weighted by Crippen LogP contribution is -2.29. The molecule has 2 aliphatic rings. The molecule has 1 aromatic carbocycles. The van der Waals surface area contributed by atoms with Crippen LogP contribution in [0.5, 0.6) is 11.5 Å². The van der Waals surface area contributed by atoms with Crippen LogP contribution in [0.15, 0.2) is 34.8 Å². The number of fused-ring (bicyclic) bond motifs is 2. The van der Waals surface area contributed by atoms with Crippen LogP contribution in [0.2, 0.25) is 0 Å². The van der Waals surface area contributed by atoms with E-state index in [1.807, 2.05) is 18.2 Å². The quantitative estimate of drug-likeness (QED) is 0.647. The summed E-state index contributed by atoms with van der Waals surface area (Å²) in [5.74, 6) is 2.56. The van der Waals surface area contributed by atoms with Gasteiger partial charge >= 0.3 is 6.01 Å². The predicted molar refractivity (Wildman–Crippen MR) is 113 cm³/mol. The first kappa shape index (κ1) is 18.5. The Labute approximate surface area is 173 Å². The third kappa shape index (κ3) is 3.68. The zero-order chi connectivity index (χ0) is 20.7. The zero-order valence-electron chi connectivity index (χ0n) is 17.1.